The summed E-state index contributed by atoms with van der Waals surface area (Å²) < 4.78 is 39.4. The monoisotopic (exact) mass is 285 g/mol. The zero-order valence-corrected chi connectivity index (χ0v) is 11.2. The Kier molecular flexibility index (Phi) is 3.28. The number of piperidine rings is 1. The number of rotatable bonds is 2. The molecule has 0 radical (unpaired) electrons. The number of nitrogens with zero attached hydrogens (tertiary/aromatic N) is 2. The molecule has 3 rings (SSSR count). The van der Waals surface area contributed by atoms with Crippen molar-refractivity contribution in [3.63, 3.8) is 0 Å². The molecule has 0 aliphatic carbocycles. The molecular weight excluding hydrogens is 269 g/mol. The molecule has 0 amide bonds. The third-order valence-electron chi connectivity index (χ3n) is 3.98. The zero-order valence-electron chi connectivity index (χ0n) is 10.4. The average molecular weight is 285 g/mol. The minimum Gasteiger partial charge on any atom is -0.316 e. The van der Waals surface area contributed by atoms with Gasteiger partial charge in [0.15, 0.2) is 0 Å². The third-order valence-corrected chi connectivity index (χ3v) is 5.82. The van der Waals surface area contributed by atoms with Gasteiger partial charge in [-0.15, -0.1) is 0 Å². The molecule has 1 N–H and O–H groups in total. The summed E-state index contributed by atoms with van der Waals surface area (Å²) in [6.07, 6.45) is 3.07. The van der Waals surface area contributed by atoms with Crippen molar-refractivity contribution < 1.29 is 12.8 Å². The minimum absolute atomic E-state index is 0.0584. The Hall–Kier alpha value is -1.05. The summed E-state index contributed by atoms with van der Waals surface area (Å²) in [7, 11) is -3.62. The van der Waals surface area contributed by atoms with E-state index >= 15 is 0 Å². The van der Waals surface area contributed by atoms with E-state index in [1.165, 1.54) is 10.5 Å². The molecule has 104 valence electrons. The van der Waals surface area contributed by atoms with Crippen molar-refractivity contribution in [2.45, 2.75) is 11.3 Å². The fraction of sp³-hybridized carbons (Fsp3) is 0.583. The first-order valence-corrected chi connectivity index (χ1v) is 7.83. The Bertz CT molecular complexity index is 578. The van der Waals surface area contributed by atoms with Crippen LogP contribution in [0.1, 0.15) is 6.42 Å². The van der Waals surface area contributed by atoms with Crippen LogP contribution < -0.4 is 5.32 Å². The molecule has 2 aliphatic rings. The van der Waals surface area contributed by atoms with Crippen LogP contribution in [0.3, 0.4) is 0 Å². The second-order valence-electron chi connectivity index (χ2n) is 5.17. The zero-order chi connectivity index (χ0) is 13.5. The second kappa shape index (κ2) is 4.81. The lowest BCUT2D eigenvalue weighted by Gasteiger charge is -2.33. The summed E-state index contributed by atoms with van der Waals surface area (Å²) >= 11 is 0. The Morgan fingerprint density at radius 3 is 2.89 bits per heavy atom. The topological polar surface area (TPSA) is 62.3 Å². The van der Waals surface area contributed by atoms with E-state index in [9.17, 15) is 12.8 Å². The molecule has 2 fully saturated rings. The predicted octanol–water partition coefficient (Wildman–Crippen LogP) is 0.451. The van der Waals surface area contributed by atoms with Gasteiger partial charge in [0.25, 0.3) is 0 Å². The van der Waals surface area contributed by atoms with Crippen LogP contribution in [0.15, 0.2) is 23.4 Å². The number of hydrogen-bond acceptors (Lipinski definition) is 4. The van der Waals surface area contributed by atoms with Gasteiger partial charge in [-0.1, -0.05) is 0 Å². The van der Waals surface area contributed by atoms with E-state index in [-0.39, 0.29) is 4.90 Å². The standard InChI is InChI=1S/C12H16FN3O2S/c13-11-3-12(7-15-6-11)19(17,18)16-2-1-9-4-14-5-10(9)8-16/h3,6-7,9-10,14H,1-2,4-5,8H2. The Morgan fingerprint density at radius 2 is 2.11 bits per heavy atom. The van der Waals surface area contributed by atoms with Crippen molar-refractivity contribution in [2.24, 2.45) is 11.8 Å². The van der Waals surface area contributed by atoms with Crippen molar-refractivity contribution in [2.75, 3.05) is 26.2 Å². The van der Waals surface area contributed by atoms with Crippen LogP contribution in [0, 0.1) is 17.7 Å². The van der Waals surface area contributed by atoms with Gasteiger partial charge in [0.05, 0.1) is 6.20 Å². The quantitative estimate of drug-likeness (QED) is 0.857. The molecule has 7 heteroatoms. The first-order chi connectivity index (χ1) is 9.07. The van der Waals surface area contributed by atoms with Crippen molar-refractivity contribution in [1.29, 1.82) is 0 Å². The highest BCUT2D eigenvalue weighted by Crippen LogP contribution is 2.29. The molecule has 0 saturated carbocycles. The maximum atomic E-state index is 13.1. The first-order valence-electron chi connectivity index (χ1n) is 6.39. The van der Waals surface area contributed by atoms with E-state index in [2.05, 4.69) is 10.3 Å². The molecular formula is C12H16FN3O2S. The van der Waals surface area contributed by atoms with Gasteiger partial charge in [-0.2, -0.15) is 4.31 Å². The Morgan fingerprint density at radius 1 is 1.32 bits per heavy atom. The van der Waals surface area contributed by atoms with Gasteiger partial charge in [-0.05, 0) is 37.4 Å². The molecule has 2 saturated heterocycles. The summed E-state index contributed by atoms with van der Waals surface area (Å²) in [4.78, 5) is 3.56. The number of aromatic nitrogens is 1. The van der Waals surface area contributed by atoms with Gasteiger partial charge in [-0.3, -0.25) is 4.98 Å². The molecule has 5 nitrogen and oxygen atoms in total. The van der Waals surface area contributed by atoms with Crippen LogP contribution in [0.25, 0.3) is 0 Å². The molecule has 1 aromatic heterocycles. The van der Waals surface area contributed by atoms with E-state index in [1.807, 2.05) is 0 Å². The molecule has 1 aromatic rings. The fourth-order valence-electron chi connectivity index (χ4n) is 2.90. The van der Waals surface area contributed by atoms with Crippen molar-refractivity contribution in [3.05, 3.63) is 24.3 Å². The summed E-state index contributed by atoms with van der Waals surface area (Å²) in [5, 5.41) is 3.29. The number of hydrogen-bond donors (Lipinski definition) is 1. The molecule has 3 heterocycles. The van der Waals surface area contributed by atoms with Gasteiger partial charge in [0.1, 0.15) is 10.7 Å². The number of pyridine rings is 1. The molecule has 0 spiro atoms. The van der Waals surface area contributed by atoms with Crippen molar-refractivity contribution in [3.8, 4) is 0 Å². The van der Waals surface area contributed by atoms with Crippen molar-refractivity contribution in [1.82, 2.24) is 14.6 Å². The van der Waals surface area contributed by atoms with E-state index in [1.54, 1.807) is 0 Å². The highest BCUT2D eigenvalue weighted by atomic mass is 32.2. The number of sulfonamides is 1. The van der Waals surface area contributed by atoms with Gasteiger partial charge in [0, 0.05) is 19.3 Å². The van der Waals surface area contributed by atoms with Crippen molar-refractivity contribution >= 4 is 10.0 Å². The van der Waals surface area contributed by atoms with E-state index in [0.717, 1.165) is 31.8 Å². The summed E-state index contributed by atoms with van der Waals surface area (Å²) in [6, 6.07) is 1.03. The van der Waals surface area contributed by atoms with Crippen LogP contribution in [-0.2, 0) is 10.0 Å². The number of nitrogens with one attached hydrogen (secondary N) is 1. The Balaban J connectivity index is 1.85. The molecule has 2 unspecified atom stereocenters. The lowest BCUT2D eigenvalue weighted by molar-refractivity contribution is 0.228. The highest BCUT2D eigenvalue weighted by molar-refractivity contribution is 7.89. The van der Waals surface area contributed by atoms with Crippen LogP contribution in [0.2, 0.25) is 0 Å². The summed E-state index contributed by atoms with van der Waals surface area (Å²) in [6.45, 7) is 2.84. The predicted molar refractivity (Wildman–Crippen MR) is 67.4 cm³/mol. The smallest absolute Gasteiger partial charge is 0.244 e. The van der Waals surface area contributed by atoms with Crippen LogP contribution in [0.5, 0.6) is 0 Å². The average Bonchev–Trinajstić information content (AvgIpc) is 2.85. The van der Waals surface area contributed by atoms with Crippen LogP contribution in [0.4, 0.5) is 4.39 Å². The van der Waals surface area contributed by atoms with Crippen LogP contribution in [-0.4, -0.2) is 43.9 Å². The van der Waals surface area contributed by atoms with Gasteiger partial charge < -0.3 is 5.32 Å². The summed E-state index contributed by atoms with van der Waals surface area (Å²) in [5.74, 6) is 0.306. The molecule has 19 heavy (non-hydrogen) atoms. The third kappa shape index (κ3) is 2.37. The van der Waals surface area contributed by atoms with E-state index < -0.39 is 15.8 Å². The molecule has 0 aromatic carbocycles. The van der Waals surface area contributed by atoms with Gasteiger partial charge in [-0.25, -0.2) is 12.8 Å². The summed E-state index contributed by atoms with van der Waals surface area (Å²) in [5.41, 5.74) is 0. The fourth-order valence-corrected chi connectivity index (χ4v) is 4.39. The molecule has 2 atom stereocenters. The van der Waals surface area contributed by atoms with E-state index in [4.69, 9.17) is 0 Å². The maximum Gasteiger partial charge on any atom is 0.244 e. The molecule has 0 bridgehead atoms. The lowest BCUT2D eigenvalue weighted by atomic mass is 9.90. The lowest BCUT2D eigenvalue weighted by Crippen LogP contribution is -2.43. The highest BCUT2D eigenvalue weighted by Gasteiger charge is 2.37. The SMILES string of the molecule is O=S(=O)(c1cncc(F)c1)N1CCC2CNCC2C1. The Labute approximate surface area is 111 Å². The molecule has 2 aliphatic heterocycles. The minimum atomic E-state index is -3.62. The maximum absolute atomic E-state index is 13.1. The van der Waals surface area contributed by atoms with Gasteiger partial charge in [0.2, 0.25) is 10.0 Å². The normalized spacial score (nSPS) is 28.3. The first kappa shape index (κ1) is 13.0. The second-order valence-corrected chi connectivity index (χ2v) is 7.11. The van der Waals surface area contributed by atoms with E-state index in [0.29, 0.717) is 24.9 Å². The number of fused-ring (bicyclic) bond motifs is 1. The number of halogens is 1. The largest absolute Gasteiger partial charge is 0.316 e. The van der Waals surface area contributed by atoms with Crippen LogP contribution >= 0.6 is 0 Å². The van der Waals surface area contributed by atoms with Gasteiger partial charge >= 0.3 is 0 Å².